The molecule has 3 aromatic rings. The molecule has 0 heterocycles. The quantitative estimate of drug-likeness (QED) is 0.672. The lowest BCUT2D eigenvalue weighted by molar-refractivity contribution is 0.414. The Labute approximate surface area is 113 Å². The van der Waals surface area contributed by atoms with Gasteiger partial charge >= 0.3 is 0 Å². The Morgan fingerprint density at radius 2 is 1.79 bits per heavy atom. The van der Waals surface area contributed by atoms with E-state index in [1.165, 1.54) is 16.3 Å². The topological polar surface area (TPSA) is 9.23 Å². The summed E-state index contributed by atoms with van der Waals surface area (Å²) >= 11 is 0. The van der Waals surface area contributed by atoms with Crippen molar-refractivity contribution in [3.8, 4) is 5.75 Å². The molecule has 1 radical (unpaired) electrons. The zero-order valence-corrected chi connectivity index (χ0v) is 10.9. The Bertz CT molecular complexity index is 701. The molecular formula is C18H15O. The van der Waals surface area contributed by atoms with Crippen LogP contribution in [0.4, 0.5) is 0 Å². The van der Waals surface area contributed by atoms with Crippen molar-refractivity contribution in [2.24, 2.45) is 0 Å². The number of ether oxygens (including phenoxy) is 1. The highest BCUT2D eigenvalue weighted by molar-refractivity contribution is 5.83. The summed E-state index contributed by atoms with van der Waals surface area (Å²) in [6.45, 7) is 0. The minimum atomic E-state index is 0.877. The molecule has 0 saturated carbocycles. The van der Waals surface area contributed by atoms with Gasteiger partial charge < -0.3 is 4.74 Å². The van der Waals surface area contributed by atoms with Crippen molar-refractivity contribution in [1.29, 1.82) is 0 Å². The summed E-state index contributed by atoms with van der Waals surface area (Å²) in [5.74, 6) is 0.884. The maximum atomic E-state index is 5.24. The van der Waals surface area contributed by atoms with Crippen molar-refractivity contribution < 1.29 is 4.74 Å². The molecule has 0 fully saturated rings. The first-order valence-corrected chi connectivity index (χ1v) is 6.37. The maximum absolute atomic E-state index is 5.24. The van der Waals surface area contributed by atoms with Gasteiger partial charge in [-0.05, 0) is 46.5 Å². The minimum absolute atomic E-state index is 0.877. The molecule has 1 nitrogen and oxygen atoms in total. The highest BCUT2D eigenvalue weighted by Crippen LogP contribution is 2.19. The van der Waals surface area contributed by atoms with Gasteiger partial charge in [-0.2, -0.15) is 0 Å². The van der Waals surface area contributed by atoms with E-state index in [-0.39, 0.29) is 0 Å². The van der Waals surface area contributed by atoms with Gasteiger partial charge in [-0.25, -0.2) is 0 Å². The lowest BCUT2D eigenvalue weighted by Gasteiger charge is -2.06. The molecule has 0 aliphatic carbocycles. The Balaban J connectivity index is 1.92. The Morgan fingerprint density at radius 1 is 0.947 bits per heavy atom. The van der Waals surface area contributed by atoms with Gasteiger partial charge in [-0.1, -0.05) is 48.5 Å². The number of fused-ring (bicyclic) bond motifs is 1. The largest absolute Gasteiger partial charge is 0.497 e. The summed E-state index contributed by atoms with van der Waals surface area (Å²) in [4.78, 5) is 0. The van der Waals surface area contributed by atoms with Crippen molar-refractivity contribution in [2.45, 2.75) is 6.42 Å². The smallest absolute Gasteiger partial charge is 0.119 e. The highest BCUT2D eigenvalue weighted by atomic mass is 16.5. The molecule has 1 heteroatoms. The summed E-state index contributed by atoms with van der Waals surface area (Å²) in [7, 11) is 1.69. The molecule has 0 aliphatic heterocycles. The fraction of sp³-hybridized carbons (Fsp3) is 0.111. The molecule has 0 saturated heterocycles. The average molecular weight is 247 g/mol. The lowest BCUT2D eigenvalue weighted by atomic mass is 10.0. The third kappa shape index (κ3) is 2.60. The molecule has 0 N–H and O–H groups in total. The minimum Gasteiger partial charge on any atom is -0.497 e. The van der Waals surface area contributed by atoms with Gasteiger partial charge in [-0.3, -0.25) is 0 Å². The van der Waals surface area contributed by atoms with E-state index in [2.05, 4.69) is 48.5 Å². The molecule has 0 amide bonds. The van der Waals surface area contributed by atoms with E-state index in [1.54, 1.807) is 7.11 Å². The van der Waals surface area contributed by atoms with Crippen LogP contribution in [0.5, 0.6) is 5.75 Å². The summed E-state index contributed by atoms with van der Waals surface area (Å²) in [5, 5.41) is 2.56. The Kier molecular flexibility index (Phi) is 3.20. The first-order valence-electron chi connectivity index (χ1n) is 6.37. The van der Waals surface area contributed by atoms with Crippen molar-refractivity contribution >= 4 is 10.8 Å². The second-order valence-electron chi connectivity index (χ2n) is 4.61. The van der Waals surface area contributed by atoms with Crippen molar-refractivity contribution in [1.82, 2.24) is 0 Å². The summed E-state index contributed by atoms with van der Waals surface area (Å²) < 4.78 is 5.24. The highest BCUT2D eigenvalue weighted by Gasteiger charge is 2.00. The van der Waals surface area contributed by atoms with E-state index in [1.807, 2.05) is 18.2 Å². The van der Waals surface area contributed by atoms with Gasteiger partial charge in [0, 0.05) is 0 Å². The Morgan fingerprint density at radius 3 is 2.63 bits per heavy atom. The molecule has 3 rings (SSSR count). The molecule has 0 spiro atoms. The molecule has 0 aromatic heterocycles. The monoisotopic (exact) mass is 247 g/mol. The maximum Gasteiger partial charge on any atom is 0.119 e. The fourth-order valence-corrected chi connectivity index (χ4v) is 2.29. The van der Waals surface area contributed by atoms with Crippen LogP contribution in [0.2, 0.25) is 0 Å². The van der Waals surface area contributed by atoms with E-state index >= 15 is 0 Å². The van der Waals surface area contributed by atoms with Crippen molar-refractivity contribution in [3.63, 3.8) is 0 Å². The predicted molar refractivity (Wildman–Crippen MR) is 78.6 cm³/mol. The number of rotatable bonds is 3. The zero-order chi connectivity index (χ0) is 13.1. The molecule has 3 aromatic carbocycles. The van der Waals surface area contributed by atoms with Crippen LogP contribution in [0.15, 0.2) is 60.7 Å². The van der Waals surface area contributed by atoms with Crippen molar-refractivity contribution in [3.05, 3.63) is 77.9 Å². The first-order chi connectivity index (χ1) is 9.35. The average Bonchev–Trinajstić information content (AvgIpc) is 2.47. The summed E-state index contributed by atoms with van der Waals surface area (Å²) in [6, 6.07) is 24.1. The van der Waals surface area contributed by atoms with Crippen LogP contribution < -0.4 is 4.74 Å². The molecule has 0 aliphatic rings. The third-order valence-electron chi connectivity index (χ3n) is 3.28. The van der Waals surface area contributed by atoms with Gasteiger partial charge in [0.1, 0.15) is 5.75 Å². The van der Waals surface area contributed by atoms with E-state index in [4.69, 9.17) is 4.74 Å². The zero-order valence-electron chi connectivity index (χ0n) is 10.9. The van der Waals surface area contributed by atoms with Crippen molar-refractivity contribution in [2.75, 3.05) is 7.11 Å². The predicted octanol–water partition coefficient (Wildman–Crippen LogP) is 4.24. The summed E-state index contributed by atoms with van der Waals surface area (Å²) in [5.41, 5.74) is 2.44. The van der Waals surface area contributed by atoms with Crippen LogP contribution in [0, 0.1) is 6.07 Å². The second kappa shape index (κ2) is 5.15. The van der Waals surface area contributed by atoms with Crippen LogP contribution in [0.25, 0.3) is 10.8 Å². The van der Waals surface area contributed by atoms with Crippen LogP contribution in [0.3, 0.4) is 0 Å². The summed E-state index contributed by atoms with van der Waals surface area (Å²) in [6.07, 6.45) is 0.877. The van der Waals surface area contributed by atoms with Crippen LogP contribution in [-0.4, -0.2) is 7.11 Å². The number of benzene rings is 3. The third-order valence-corrected chi connectivity index (χ3v) is 3.28. The van der Waals surface area contributed by atoms with E-state index < -0.39 is 0 Å². The van der Waals surface area contributed by atoms with E-state index in [0.29, 0.717) is 0 Å². The molecule has 0 unspecified atom stereocenters. The number of methoxy groups -OCH3 is 1. The van der Waals surface area contributed by atoms with Gasteiger partial charge in [-0.15, -0.1) is 0 Å². The molecule has 0 atom stereocenters. The Hall–Kier alpha value is -2.28. The fourth-order valence-electron chi connectivity index (χ4n) is 2.29. The normalized spacial score (nSPS) is 10.6. The molecule has 0 bridgehead atoms. The molecule has 93 valence electrons. The van der Waals surface area contributed by atoms with Gasteiger partial charge in [0.15, 0.2) is 0 Å². The van der Waals surface area contributed by atoms with Gasteiger partial charge in [0.05, 0.1) is 7.11 Å². The van der Waals surface area contributed by atoms with Gasteiger partial charge in [0.25, 0.3) is 0 Å². The molecular weight excluding hydrogens is 232 g/mol. The SMILES string of the molecule is COc1cc[c]c(Cc2ccc3ccccc3c2)c1. The standard InChI is InChI=1S/C18H15O/c1-19-18-8-4-5-14(13-18)11-15-9-10-16-6-2-3-7-17(16)12-15/h2-4,6-10,12-13H,11H2,1H3. The van der Waals surface area contributed by atoms with E-state index in [9.17, 15) is 0 Å². The molecule has 19 heavy (non-hydrogen) atoms. The lowest BCUT2D eigenvalue weighted by Crippen LogP contribution is -1.90. The number of hydrogen-bond acceptors (Lipinski definition) is 1. The van der Waals surface area contributed by atoms with Crippen LogP contribution in [-0.2, 0) is 6.42 Å². The van der Waals surface area contributed by atoms with Gasteiger partial charge in [0.2, 0.25) is 0 Å². The first kappa shape index (κ1) is 11.8. The van der Waals surface area contributed by atoms with Crippen LogP contribution >= 0.6 is 0 Å². The second-order valence-corrected chi connectivity index (χ2v) is 4.61. The number of hydrogen-bond donors (Lipinski definition) is 0. The van der Waals surface area contributed by atoms with Crippen LogP contribution in [0.1, 0.15) is 11.1 Å². The van der Waals surface area contributed by atoms with E-state index in [0.717, 1.165) is 17.7 Å².